The highest BCUT2D eigenvalue weighted by Gasteiger charge is 2.28. The van der Waals surface area contributed by atoms with Crippen LogP contribution in [-0.2, 0) is 16.0 Å². The number of carbonyl (C=O) groups excluding carboxylic acids is 3. The lowest BCUT2D eigenvalue weighted by Crippen LogP contribution is -2.47. The molecule has 26 heavy (non-hydrogen) atoms. The summed E-state index contributed by atoms with van der Waals surface area (Å²) in [5.41, 5.74) is 6.45. The molecular weight excluding hydrogens is 376 g/mol. The van der Waals surface area contributed by atoms with Gasteiger partial charge in [0.15, 0.2) is 5.69 Å². The monoisotopic (exact) mass is 388 g/mol. The maximum Gasteiger partial charge on any atom is 0.287 e. The van der Waals surface area contributed by atoms with Gasteiger partial charge in [0.1, 0.15) is 11.7 Å². The van der Waals surface area contributed by atoms with Gasteiger partial charge in [-0.05, 0) is 29.7 Å². The lowest BCUT2D eigenvalue weighted by atomic mass is 10.1. The molecule has 0 fully saturated rings. The van der Waals surface area contributed by atoms with Crippen LogP contribution in [0, 0.1) is 0 Å². The molecule has 0 aliphatic rings. The quantitative estimate of drug-likeness (QED) is 0.560. The van der Waals surface area contributed by atoms with Crippen LogP contribution in [0.3, 0.4) is 0 Å². The van der Waals surface area contributed by atoms with Crippen LogP contribution in [0.4, 0.5) is 0 Å². The van der Waals surface area contributed by atoms with E-state index in [0.29, 0.717) is 17.1 Å². The van der Waals surface area contributed by atoms with Gasteiger partial charge >= 0.3 is 0 Å². The number of nitrogens with zero attached hydrogens (tertiary/aromatic N) is 4. The van der Waals surface area contributed by atoms with E-state index in [1.165, 1.54) is 11.5 Å². The zero-order valence-corrected chi connectivity index (χ0v) is 14.8. The van der Waals surface area contributed by atoms with E-state index in [2.05, 4.69) is 23.4 Å². The molecule has 2 amide bonds. The second-order valence-corrected chi connectivity index (χ2v) is 6.32. The van der Waals surface area contributed by atoms with Crippen molar-refractivity contribution in [1.82, 2.24) is 23.4 Å². The van der Waals surface area contributed by atoms with Crippen LogP contribution >= 0.6 is 23.3 Å². The summed E-state index contributed by atoms with van der Waals surface area (Å²) in [5.74, 6) is -2.69. The normalized spacial score (nSPS) is 11.7. The Balaban J connectivity index is 1.83. The number of carbonyl (C=O) groups is 3. The van der Waals surface area contributed by atoms with E-state index in [9.17, 15) is 14.4 Å². The third kappa shape index (κ3) is 3.95. The highest BCUT2D eigenvalue weighted by Crippen LogP contribution is 2.19. The van der Waals surface area contributed by atoms with Gasteiger partial charge in [-0.2, -0.15) is 13.1 Å². The van der Waals surface area contributed by atoms with E-state index >= 15 is 0 Å². The SMILES string of the molecule is NC(=O)C(=O)C(Cc1ccsn1)NC(=O)c1nsnc1-c1ccccn1. The Hall–Kier alpha value is -3.05. The highest BCUT2D eigenvalue weighted by atomic mass is 32.1. The Morgan fingerprint density at radius 2 is 2.00 bits per heavy atom. The third-order valence-corrected chi connectivity index (χ3v) is 4.51. The van der Waals surface area contributed by atoms with Crippen molar-refractivity contribution >= 4 is 40.9 Å². The molecule has 132 valence electrons. The molecule has 1 atom stereocenters. The molecule has 3 heterocycles. The van der Waals surface area contributed by atoms with Crippen LogP contribution in [0.2, 0.25) is 0 Å². The smallest absolute Gasteiger partial charge is 0.287 e. The Morgan fingerprint density at radius 3 is 2.65 bits per heavy atom. The van der Waals surface area contributed by atoms with Crippen molar-refractivity contribution < 1.29 is 14.4 Å². The minimum Gasteiger partial charge on any atom is -0.363 e. The lowest BCUT2D eigenvalue weighted by molar-refractivity contribution is -0.137. The van der Waals surface area contributed by atoms with Crippen LogP contribution < -0.4 is 11.1 Å². The predicted molar refractivity (Wildman–Crippen MR) is 94.4 cm³/mol. The minimum absolute atomic E-state index is 0.0225. The average Bonchev–Trinajstić information content (AvgIpc) is 3.32. The number of amides is 2. The van der Waals surface area contributed by atoms with Gasteiger partial charge in [-0.25, -0.2) is 0 Å². The molecule has 3 aromatic rings. The summed E-state index contributed by atoms with van der Waals surface area (Å²) in [4.78, 5) is 40.1. The molecule has 3 N–H and O–H groups in total. The molecule has 0 aromatic carbocycles. The van der Waals surface area contributed by atoms with Gasteiger partial charge < -0.3 is 11.1 Å². The summed E-state index contributed by atoms with van der Waals surface area (Å²) in [6.07, 6.45) is 1.62. The zero-order chi connectivity index (χ0) is 18.5. The number of rotatable bonds is 7. The predicted octanol–water partition coefficient (Wildman–Crippen LogP) is 0.452. The van der Waals surface area contributed by atoms with Gasteiger partial charge in [0, 0.05) is 18.0 Å². The Morgan fingerprint density at radius 1 is 1.15 bits per heavy atom. The molecule has 0 aliphatic heterocycles. The molecule has 0 saturated heterocycles. The van der Waals surface area contributed by atoms with Gasteiger partial charge in [0.05, 0.1) is 23.1 Å². The maximum absolute atomic E-state index is 12.6. The van der Waals surface area contributed by atoms with Crippen molar-refractivity contribution in [1.29, 1.82) is 0 Å². The summed E-state index contributed by atoms with van der Waals surface area (Å²) >= 11 is 2.05. The Bertz CT molecular complexity index is 926. The van der Waals surface area contributed by atoms with Crippen LogP contribution in [0.15, 0.2) is 35.8 Å². The minimum atomic E-state index is -1.14. The summed E-state index contributed by atoms with van der Waals surface area (Å²) in [7, 11) is 0. The number of nitrogens with one attached hydrogen (secondary N) is 1. The van der Waals surface area contributed by atoms with Gasteiger partial charge in [-0.15, -0.1) is 0 Å². The fraction of sp³-hybridized carbons (Fsp3) is 0.133. The van der Waals surface area contributed by atoms with Crippen molar-refractivity contribution in [3.63, 3.8) is 0 Å². The van der Waals surface area contributed by atoms with Crippen molar-refractivity contribution in [2.75, 3.05) is 0 Å². The number of aromatic nitrogens is 4. The molecule has 0 saturated carbocycles. The van der Waals surface area contributed by atoms with Crippen molar-refractivity contribution in [3.8, 4) is 11.4 Å². The first-order chi connectivity index (χ1) is 12.6. The van der Waals surface area contributed by atoms with Crippen LogP contribution in [0.5, 0.6) is 0 Å². The summed E-state index contributed by atoms with van der Waals surface area (Å²) in [5, 5.41) is 4.23. The van der Waals surface area contributed by atoms with E-state index in [-0.39, 0.29) is 12.1 Å². The van der Waals surface area contributed by atoms with Crippen molar-refractivity contribution in [2.45, 2.75) is 12.5 Å². The Labute approximate surface area is 155 Å². The van der Waals surface area contributed by atoms with Gasteiger partial charge in [0.2, 0.25) is 5.78 Å². The van der Waals surface area contributed by atoms with E-state index in [1.807, 2.05) is 0 Å². The number of hydrogen-bond donors (Lipinski definition) is 2. The summed E-state index contributed by atoms with van der Waals surface area (Å²) in [6.45, 7) is 0. The molecule has 1 unspecified atom stereocenters. The molecule has 0 bridgehead atoms. The van der Waals surface area contributed by atoms with E-state index in [1.54, 1.807) is 35.8 Å². The number of pyridine rings is 1. The molecule has 0 spiro atoms. The zero-order valence-electron chi connectivity index (χ0n) is 13.2. The molecule has 3 aromatic heterocycles. The average molecular weight is 388 g/mol. The molecule has 0 radical (unpaired) electrons. The first-order valence-corrected chi connectivity index (χ1v) is 8.90. The van der Waals surface area contributed by atoms with E-state index in [0.717, 1.165) is 11.7 Å². The lowest BCUT2D eigenvalue weighted by Gasteiger charge is -2.14. The second kappa shape index (κ2) is 7.89. The molecule has 9 nitrogen and oxygen atoms in total. The topological polar surface area (TPSA) is 141 Å². The van der Waals surface area contributed by atoms with Gasteiger partial charge in [-0.1, -0.05) is 6.07 Å². The largest absolute Gasteiger partial charge is 0.363 e. The first-order valence-electron chi connectivity index (χ1n) is 7.34. The molecular formula is C15H12N6O3S2. The molecule has 11 heteroatoms. The van der Waals surface area contributed by atoms with Crippen molar-refractivity contribution in [2.24, 2.45) is 5.73 Å². The number of nitrogens with two attached hydrogens (primary N) is 1. The van der Waals surface area contributed by atoms with Crippen LogP contribution in [0.25, 0.3) is 11.4 Å². The van der Waals surface area contributed by atoms with E-state index < -0.39 is 23.6 Å². The number of Topliss-reactive ketones (excluding diaryl/α,β-unsaturated/α-hetero) is 1. The molecule has 3 rings (SSSR count). The van der Waals surface area contributed by atoms with Crippen LogP contribution in [-0.4, -0.2) is 41.7 Å². The van der Waals surface area contributed by atoms with Crippen LogP contribution in [0.1, 0.15) is 16.2 Å². The number of ketones is 1. The summed E-state index contributed by atoms with van der Waals surface area (Å²) in [6, 6.07) is 5.74. The first kappa shape index (κ1) is 17.8. The second-order valence-electron chi connectivity index (χ2n) is 5.13. The number of hydrogen-bond acceptors (Lipinski definition) is 9. The fourth-order valence-corrected chi connectivity index (χ4v) is 3.27. The third-order valence-electron chi connectivity index (χ3n) is 3.38. The highest BCUT2D eigenvalue weighted by molar-refractivity contribution is 7.03. The molecule has 0 aliphatic carbocycles. The van der Waals surface area contributed by atoms with E-state index in [4.69, 9.17) is 5.73 Å². The Kier molecular flexibility index (Phi) is 5.39. The maximum atomic E-state index is 12.6. The van der Waals surface area contributed by atoms with Gasteiger partial charge in [0.25, 0.3) is 11.8 Å². The van der Waals surface area contributed by atoms with Crippen molar-refractivity contribution in [3.05, 3.63) is 47.2 Å². The fourth-order valence-electron chi connectivity index (χ4n) is 2.17. The number of primary amides is 1. The standard InChI is InChI=1S/C15H12N6O3S2/c16-14(23)13(22)10(7-8-4-6-25-19-8)18-15(24)12-11(20-26-21-12)9-3-1-2-5-17-9/h1-6,10H,7H2,(H2,16,23)(H,18,24). The summed E-state index contributed by atoms with van der Waals surface area (Å²) < 4.78 is 12.2. The van der Waals surface area contributed by atoms with Gasteiger partial charge in [-0.3, -0.25) is 19.4 Å².